The van der Waals surface area contributed by atoms with Gasteiger partial charge in [-0.3, -0.25) is 0 Å². The Morgan fingerprint density at radius 2 is 1.58 bits per heavy atom. The Labute approximate surface area is 196 Å². The number of hydrogen-bond acceptors (Lipinski definition) is 4. The number of fused-ring (bicyclic) bond motifs is 1. The Bertz CT molecular complexity index is 1120. The molecule has 0 aromatic heterocycles. The molecule has 33 heavy (non-hydrogen) atoms. The first-order valence-electron chi connectivity index (χ1n) is 10.4. The minimum Gasteiger partial charge on any atom is -0.493 e. The molecule has 5 nitrogen and oxygen atoms in total. The van der Waals surface area contributed by atoms with Crippen molar-refractivity contribution in [1.29, 1.82) is 0 Å². The van der Waals surface area contributed by atoms with Crippen LogP contribution in [-0.2, 0) is 6.42 Å². The number of nitrogens with zero attached hydrogens (tertiary/aromatic N) is 1. The number of thiocarbonyl (C=S) groups is 1. The molecule has 8 heteroatoms. The van der Waals surface area contributed by atoms with Gasteiger partial charge in [-0.15, -0.1) is 0 Å². The largest absolute Gasteiger partial charge is 0.493 e. The fourth-order valence-corrected chi connectivity index (χ4v) is 4.22. The number of methoxy groups -OCH3 is 2. The number of nitrogens with one attached hydrogen (secondary N) is 1. The van der Waals surface area contributed by atoms with Crippen LogP contribution < -0.4 is 19.5 Å². The maximum atomic E-state index is 13.3. The van der Waals surface area contributed by atoms with Crippen molar-refractivity contribution >= 4 is 23.0 Å². The number of anilines is 1. The Morgan fingerprint density at radius 1 is 0.970 bits per heavy atom. The van der Waals surface area contributed by atoms with Gasteiger partial charge in [0, 0.05) is 12.2 Å². The Kier molecular flexibility index (Phi) is 6.93. The van der Waals surface area contributed by atoms with Crippen molar-refractivity contribution in [3.8, 4) is 17.2 Å². The van der Waals surface area contributed by atoms with Crippen molar-refractivity contribution in [2.45, 2.75) is 12.5 Å². The maximum Gasteiger partial charge on any atom is 0.174 e. The van der Waals surface area contributed by atoms with Crippen LogP contribution in [0.3, 0.4) is 0 Å². The molecular weight excluding hydrogens is 446 g/mol. The van der Waals surface area contributed by atoms with Gasteiger partial charge in [-0.25, -0.2) is 8.78 Å². The van der Waals surface area contributed by atoms with Crippen molar-refractivity contribution in [1.82, 2.24) is 4.90 Å². The highest BCUT2D eigenvalue weighted by molar-refractivity contribution is 7.80. The summed E-state index contributed by atoms with van der Waals surface area (Å²) in [4.78, 5) is 2.04. The van der Waals surface area contributed by atoms with Crippen LogP contribution in [0.2, 0.25) is 0 Å². The van der Waals surface area contributed by atoms with E-state index in [2.05, 4.69) is 5.32 Å². The summed E-state index contributed by atoms with van der Waals surface area (Å²) >= 11 is 5.71. The van der Waals surface area contributed by atoms with Crippen LogP contribution in [0.4, 0.5) is 14.5 Å². The van der Waals surface area contributed by atoms with Crippen molar-refractivity contribution in [2.75, 3.05) is 32.7 Å². The van der Waals surface area contributed by atoms with E-state index in [0.29, 0.717) is 34.6 Å². The van der Waals surface area contributed by atoms with E-state index < -0.39 is 0 Å². The lowest BCUT2D eigenvalue weighted by Gasteiger charge is -2.39. The second kappa shape index (κ2) is 10.0. The third kappa shape index (κ3) is 5.17. The SMILES string of the molecule is COc1cc2c(cc1OC)[C@@H](COc1ccc(F)cc1)N(C(=S)Nc1ccc(F)cc1)CC2. The molecule has 4 rings (SSSR count). The van der Waals surface area contributed by atoms with Gasteiger partial charge in [-0.05, 0) is 90.4 Å². The van der Waals surface area contributed by atoms with E-state index in [1.54, 1.807) is 38.5 Å². The highest BCUT2D eigenvalue weighted by Gasteiger charge is 2.31. The fraction of sp³-hybridized carbons (Fsp3) is 0.240. The second-order valence-corrected chi connectivity index (χ2v) is 7.95. The summed E-state index contributed by atoms with van der Waals surface area (Å²) in [5.74, 6) is 1.19. The first-order valence-corrected chi connectivity index (χ1v) is 10.9. The molecule has 0 aliphatic carbocycles. The van der Waals surface area contributed by atoms with Gasteiger partial charge in [0.15, 0.2) is 16.6 Å². The fourth-order valence-electron chi connectivity index (χ4n) is 3.89. The zero-order valence-electron chi connectivity index (χ0n) is 18.3. The van der Waals surface area contributed by atoms with E-state index in [9.17, 15) is 8.78 Å². The van der Waals surface area contributed by atoms with Crippen LogP contribution in [0.1, 0.15) is 17.2 Å². The van der Waals surface area contributed by atoms with E-state index in [1.165, 1.54) is 24.3 Å². The lowest BCUT2D eigenvalue weighted by Crippen LogP contribution is -2.44. The number of halogens is 2. The molecule has 0 amide bonds. The van der Waals surface area contributed by atoms with Crippen molar-refractivity contribution in [3.05, 3.63) is 83.4 Å². The minimum absolute atomic E-state index is 0.237. The zero-order chi connectivity index (χ0) is 23.4. The monoisotopic (exact) mass is 470 g/mol. The van der Waals surface area contributed by atoms with Gasteiger partial charge in [0.1, 0.15) is 24.0 Å². The standard InChI is InChI=1S/C25H24F2N2O3S/c1-30-23-13-16-11-12-29(25(33)28-19-7-3-17(26)4-8-19)22(21(16)14-24(23)31-2)15-32-20-9-5-18(27)6-10-20/h3-10,13-14,22H,11-12,15H2,1-2H3,(H,28,33)/t22-/m1/s1. The van der Waals surface area contributed by atoms with Gasteiger partial charge < -0.3 is 24.4 Å². The topological polar surface area (TPSA) is 43.0 Å². The average Bonchev–Trinajstić information content (AvgIpc) is 2.83. The summed E-state index contributed by atoms with van der Waals surface area (Å²) in [5.41, 5.74) is 2.81. The zero-order valence-corrected chi connectivity index (χ0v) is 19.1. The van der Waals surface area contributed by atoms with E-state index in [1.807, 2.05) is 17.0 Å². The van der Waals surface area contributed by atoms with Crippen LogP contribution in [0, 0.1) is 11.6 Å². The molecule has 0 saturated carbocycles. The number of benzene rings is 3. The third-order valence-electron chi connectivity index (χ3n) is 5.58. The lowest BCUT2D eigenvalue weighted by molar-refractivity contribution is 0.190. The van der Waals surface area contributed by atoms with E-state index in [-0.39, 0.29) is 24.3 Å². The van der Waals surface area contributed by atoms with Crippen molar-refractivity contribution < 1.29 is 23.0 Å². The number of hydrogen-bond donors (Lipinski definition) is 1. The summed E-state index contributed by atoms with van der Waals surface area (Å²) < 4.78 is 43.6. The number of rotatable bonds is 6. The van der Waals surface area contributed by atoms with Gasteiger partial charge in [0.2, 0.25) is 0 Å². The summed E-state index contributed by atoms with van der Waals surface area (Å²) in [6.07, 6.45) is 0.744. The molecule has 0 saturated heterocycles. The first-order chi connectivity index (χ1) is 16.0. The molecule has 1 N–H and O–H groups in total. The summed E-state index contributed by atoms with van der Waals surface area (Å²) in [5, 5.41) is 3.68. The molecule has 0 bridgehead atoms. The summed E-state index contributed by atoms with van der Waals surface area (Å²) in [6.45, 7) is 0.923. The lowest BCUT2D eigenvalue weighted by atomic mass is 9.92. The Hall–Kier alpha value is -3.39. The van der Waals surface area contributed by atoms with Crippen LogP contribution in [0.5, 0.6) is 17.2 Å². The van der Waals surface area contributed by atoms with Gasteiger partial charge in [0.25, 0.3) is 0 Å². The van der Waals surface area contributed by atoms with E-state index in [0.717, 1.165) is 17.5 Å². The summed E-state index contributed by atoms with van der Waals surface area (Å²) in [6, 6.07) is 15.6. The molecule has 1 aliphatic heterocycles. The maximum absolute atomic E-state index is 13.3. The third-order valence-corrected chi connectivity index (χ3v) is 5.92. The molecule has 0 fully saturated rings. The average molecular weight is 471 g/mol. The van der Waals surface area contributed by atoms with Crippen LogP contribution >= 0.6 is 12.2 Å². The summed E-state index contributed by atoms with van der Waals surface area (Å²) in [7, 11) is 3.20. The molecular formula is C25H24F2N2O3S. The highest BCUT2D eigenvalue weighted by Crippen LogP contribution is 2.38. The molecule has 172 valence electrons. The Balaban J connectivity index is 1.63. The van der Waals surface area contributed by atoms with Gasteiger partial charge in [-0.1, -0.05) is 0 Å². The van der Waals surface area contributed by atoms with Crippen LogP contribution in [0.15, 0.2) is 60.7 Å². The smallest absolute Gasteiger partial charge is 0.174 e. The first kappa shape index (κ1) is 22.8. The predicted octanol–water partition coefficient (Wildman–Crippen LogP) is 5.36. The van der Waals surface area contributed by atoms with E-state index in [4.69, 9.17) is 26.4 Å². The second-order valence-electron chi connectivity index (χ2n) is 7.57. The van der Waals surface area contributed by atoms with Crippen molar-refractivity contribution in [3.63, 3.8) is 0 Å². The molecule has 0 radical (unpaired) electrons. The van der Waals surface area contributed by atoms with Crippen LogP contribution in [0.25, 0.3) is 0 Å². The van der Waals surface area contributed by atoms with E-state index >= 15 is 0 Å². The predicted molar refractivity (Wildman–Crippen MR) is 127 cm³/mol. The normalized spacial score (nSPS) is 14.9. The Morgan fingerprint density at radius 3 is 2.21 bits per heavy atom. The molecule has 3 aromatic rings. The van der Waals surface area contributed by atoms with Crippen LogP contribution in [-0.4, -0.2) is 37.4 Å². The van der Waals surface area contributed by atoms with Gasteiger partial charge >= 0.3 is 0 Å². The minimum atomic E-state index is -0.325. The number of ether oxygens (including phenoxy) is 3. The van der Waals surface area contributed by atoms with Gasteiger partial charge in [-0.2, -0.15) is 0 Å². The molecule has 1 atom stereocenters. The highest BCUT2D eigenvalue weighted by atomic mass is 32.1. The molecule has 3 aromatic carbocycles. The quantitative estimate of drug-likeness (QED) is 0.490. The molecule has 1 aliphatic rings. The molecule has 0 unspecified atom stereocenters. The van der Waals surface area contributed by atoms with Gasteiger partial charge in [0.05, 0.1) is 20.3 Å². The van der Waals surface area contributed by atoms with Crippen molar-refractivity contribution in [2.24, 2.45) is 0 Å². The molecule has 1 heterocycles. The molecule has 0 spiro atoms.